The number of nitrogens with one attached hydrogen (secondary N) is 2. The van der Waals surface area contributed by atoms with E-state index in [4.69, 9.17) is 0 Å². The van der Waals surface area contributed by atoms with Crippen LogP contribution in [0.5, 0.6) is 0 Å². The van der Waals surface area contributed by atoms with Crippen molar-refractivity contribution in [1.29, 1.82) is 0 Å². The van der Waals surface area contributed by atoms with Crippen molar-refractivity contribution in [2.45, 2.75) is 31.6 Å². The van der Waals surface area contributed by atoms with Crippen LogP contribution in [0.2, 0.25) is 0 Å². The van der Waals surface area contributed by atoms with Gasteiger partial charge >= 0.3 is 0 Å². The number of aromatic nitrogens is 3. The summed E-state index contributed by atoms with van der Waals surface area (Å²) in [6, 6.07) is 15.0. The van der Waals surface area contributed by atoms with Gasteiger partial charge in [0.25, 0.3) is 0 Å². The van der Waals surface area contributed by atoms with Crippen molar-refractivity contribution >= 4 is 10.0 Å². The van der Waals surface area contributed by atoms with Crippen LogP contribution in [0.15, 0.2) is 53.4 Å². The monoisotopic (exact) mass is 370 g/mol. The zero-order valence-corrected chi connectivity index (χ0v) is 15.7. The summed E-state index contributed by atoms with van der Waals surface area (Å²) in [6.45, 7) is 4.22. The number of hydrogen-bond donors (Lipinski definition) is 2. The number of aryl methyl sites for hydroxylation is 2. The van der Waals surface area contributed by atoms with E-state index in [0.29, 0.717) is 18.7 Å². The quantitative estimate of drug-likeness (QED) is 0.669. The van der Waals surface area contributed by atoms with Crippen molar-refractivity contribution in [2.75, 3.05) is 6.54 Å². The second-order valence-electron chi connectivity index (χ2n) is 6.32. The first kappa shape index (κ1) is 18.3. The number of nitrogens with zero attached hydrogens (tertiary/aromatic N) is 2. The highest BCUT2D eigenvalue weighted by molar-refractivity contribution is 7.89. The van der Waals surface area contributed by atoms with Gasteiger partial charge in [0.15, 0.2) is 5.82 Å². The third-order valence-electron chi connectivity index (χ3n) is 4.04. The Morgan fingerprint density at radius 1 is 0.962 bits per heavy atom. The van der Waals surface area contributed by atoms with Crippen molar-refractivity contribution in [3.8, 4) is 0 Å². The van der Waals surface area contributed by atoms with Gasteiger partial charge in [0.2, 0.25) is 10.0 Å². The molecule has 26 heavy (non-hydrogen) atoms. The molecule has 0 spiro atoms. The molecule has 0 aliphatic heterocycles. The maximum atomic E-state index is 12.2. The van der Waals surface area contributed by atoms with Crippen LogP contribution < -0.4 is 4.72 Å². The molecule has 1 heterocycles. The van der Waals surface area contributed by atoms with Crippen LogP contribution in [0.25, 0.3) is 0 Å². The van der Waals surface area contributed by atoms with Crippen molar-refractivity contribution in [2.24, 2.45) is 0 Å². The molecule has 2 N–H and O–H groups in total. The molecular formula is C19H22N4O2S. The summed E-state index contributed by atoms with van der Waals surface area (Å²) >= 11 is 0. The Morgan fingerprint density at radius 3 is 2.23 bits per heavy atom. The van der Waals surface area contributed by atoms with Gasteiger partial charge in [0.05, 0.1) is 4.90 Å². The minimum atomic E-state index is -3.51. The lowest BCUT2D eigenvalue weighted by atomic mass is 10.1. The zero-order valence-electron chi connectivity index (χ0n) is 14.9. The van der Waals surface area contributed by atoms with E-state index in [1.165, 1.54) is 5.56 Å². The Bertz CT molecular complexity index is 962. The number of H-pyrrole nitrogens is 1. The van der Waals surface area contributed by atoms with Crippen LogP contribution in [-0.4, -0.2) is 30.1 Å². The predicted molar refractivity (Wildman–Crippen MR) is 100 cm³/mol. The Labute approximate surface area is 153 Å². The van der Waals surface area contributed by atoms with Crippen molar-refractivity contribution in [3.05, 3.63) is 76.9 Å². The largest absolute Gasteiger partial charge is 0.263 e. The Morgan fingerprint density at radius 2 is 1.58 bits per heavy atom. The molecule has 0 unspecified atom stereocenters. The van der Waals surface area contributed by atoms with Crippen LogP contribution in [-0.2, 0) is 22.9 Å². The standard InChI is InChI=1S/C19H22N4O2S/c1-14-3-7-16(8-4-14)13-19-21-18(22-23-19)11-12-20-26(24,25)17-9-5-15(2)6-10-17/h3-10,20H,11-13H2,1-2H3,(H,21,22,23). The van der Waals surface area contributed by atoms with Gasteiger partial charge in [0.1, 0.15) is 5.82 Å². The first-order valence-corrected chi connectivity index (χ1v) is 9.93. The summed E-state index contributed by atoms with van der Waals surface area (Å²) in [5.41, 5.74) is 3.39. The third kappa shape index (κ3) is 4.77. The van der Waals surface area contributed by atoms with Gasteiger partial charge in [-0.15, -0.1) is 0 Å². The Hall–Kier alpha value is -2.51. The lowest BCUT2D eigenvalue weighted by molar-refractivity contribution is 0.581. The zero-order chi connectivity index (χ0) is 18.6. The van der Waals surface area contributed by atoms with E-state index in [-0.39, 0.29) is 11.4 Å². The maximum Gasteiger partial charge on any atom is 0.240 e. The SMILES string of the molecule is Cc1ccc(Cc2nc(CCNS(=O)(=O)c3ccc(C)cc3)n[nH]2)cc1. The molecule has 0 atom stereocenters. The highest BCUT2D eigenvalue weighted by Gasteiger charge is 2.13. The maximum absolute atomic E-state index is 12.2. The third-order valence-corrected chi connectivity index (χ3v) is 5.52. The second-order valence-corrected chi connectivity index (χ2v) is 8.09. The topological polar surface area (TPSA) is 87.7 Å². The molecule has 0 radical (unpaired) electrons. The van der Waals surface area contributed by atoms with Gasteiger partial charge in [-0.1, -0.05) is 47.5 Å². The molecule has 0 aliphatic rings. The lowest BCUT2D eigenvalue weighted by Gasteiger charge is -2.05. The fourth-order valence-corrected chi connectivity index (χ4v) is 3.55. The lowest BCUT2D eigenvalue weighted by Crippen LogP contribution is -2.26. The summed E-state index contributed by atoms with van der Waals surface area (Å²) in [5.74, 6) is 1.36. The minimum Gasteiger partial charge on any atom is -0.263 e. The first-order chi connectivity index (χ1) is 12.4. The van der Waals surface area contributed by atoms with E-state index in [1.54, 1.807) is 24.3 Å². The van der Waals surface area contributed by atoms with Gasteiger partial charge in [-0.3, -0.25) is 5.10 Å². The Kier molecular flexibility index (Phi) is 5.49. The molecule has 6 nitrogen and oxygen atoms in total. The molecule has 0 aliphatic carbocycles. The van der Waals surface area contributed by atoms with Crippen LogP contribution in [0.4, 0.5) is 0 Å². The van der Waals surface area contributed by atoms with Crippen LogP contribution in [0.1, 0.15) is 28.3 Å². The van der Waals surface area contributed by atoms with Gasteiger partial charge in [-0.05, 0) is 31.5 Å². The number of aromatic amines is 1. The van der Waals surface area contributed by atoms with Gasteiger partial charge in [-0.25, -0.2) is 18.1 Å². The molecule has 136 valence electrons. The molecule has 0 fully saturated rings. The summed E-state index contributed by atoms with van der Waals surface area (Å²) < 4.78 is 27.1. The summed E-state index contributed by atoms with van der Waals surface area (Å²) in [4.78, 5) is 4.69. The molecule has 0 saturated heterocycles. The average Bonchev–Trinajstić information content (AvgIpc) is 3.04. The predicted octanol–water partition coefficient (Wildman–Crippen LogP) is 2.53. The average molecular weight is 370 g/mol. The van der Waals surface area contributed by atoms with E-state index in [0.717, 1.165) is 17.0 Å². The van der Waals surface area contributed by atoms with Crippen LogP contribution in [0.3, 0.4) is 0 Å². The van der Waals surface area contributed by atoms with E-state index >= 15 is 0 Å². The fourth-order valence-electron chi connectivity index (χ4n) is 2.52. The van der Waals surface area contributed by atoms with Gasteiger partial charge in [0, 0.05) is 19.4 Å². The Balaban J connectivity index is 1.54. The summed E-state index contributed by atoms with van der Waals surface area (Å²) in [5, 5.41) is 7.08. The van der Waals surface area contributed by atoms with Crippen molar-refractivity contribution < 1.29 is 8.42 Å². The molecule has 0 amide bonds. The van der Waals surface area contributed by atoms with Gasteiger partial charge in [-0.2, -0.15) is 5.10 Å². The molecular weight excluding hydrogens is 348 g/mol. The van der Waals surface area contributed by atoms with Crippen LogP contribution in [0, 0.1) is 13.8 Å². The normalized spacial score (nSPS) is 11.6. The van der Waals surface area contributed by atoms with E-state index in [9.17, 15) is 8.42 Å². The van der Waals surface area contributed by atoms with Crippen molar-refractivity contribution in [3.63, 3.8) is 0 Å². The second kappa shape index (κ2) is 7.80. The van der Waals surface area contributed by atoms with Crippen LogP contribution >= 0.6 is 0 Å². The van der Waals surface area contributed by atoms with E-state index in [1.807, 2.05) is 13.8 Å². The van der Waals surface area contributed by atoms with Gasteiger partial charge < -0.3 is 0 Å². The fraction of sp³-hybridized carbons (Fsp3) is 0.263. The van der Waals surface area contributed by atoms with Crippen molar-refractivity contribution in [1.82, 2.24) is 19.9 Å². The van der Waals surface area contributed by atoms with E-state index in [2.05, 4.69) is 44.2 Å². The minimum absolute atomic E-state index is 0.248. The highest BCUT2D eigenvalue weighted by atomic mass is 32.2. The summed E-state index contributed by atoms with van der Waals surface area (Å²) in [6.07, 6.45) is 1.10. The number of sulfonamides is 1. The molecule has 7 heteroatoms. The van der Waals surface area contributed by atoms with E-state index < -0.39 is 10.0 Å². The highest BCUT2D eigenvalue weighted by Crippen LogP contribution is 2.10. The molecule has 2 aromatic carbocycles. The molecule has 0 saturated carbocycles. The number of rotatable bonds is 7. The molecule has 3 aromatic rings. The first-order valence-electron chi connectivity index (χ1n) is 8.44. The smallest absolute Gasteiger partial charge is 0.240 e. The molecule has 0 bridgehead atoms. The molecule has 3 rings (SSSR count). The summed E-state index contributed by atoms with van der Waals surface area (Å²) in [7, 11) is -3.51. The molecule has 1 aromatic heterocycles. The number of hydrogen-bond acceptors (Lipinski definition) is 4. The number of benzene rings is 2.